The van der Waals surface area contributed by atoms with Gasteiger partial charge in [0.15, 0.2) is 0 Å². The molecular weight excluding hydrogens is 316 g/mol. The first kappa shape index (κ1) is 18.8. The van der Waals surface area contributed by atoms with E-state index >= 15 is 0 Å². The topological polar surface area (TPSA) is 119 Å². The van der Waals surface area contributed by atoms with E-state index in [1.807, 2.05) is 0 Å². The van der Waals surface area contributed by atoms with Crippen molar-refractivity contribution < 1.29 is 23.9 Å². The van der Waals surface area contributed by atoms with Gasteiger partial charge < -0.3 is 15.2 Å². The number of methoxy groups -OCH3 is 2. The Hall–Kier alpha value is -2.18. The van der Waals surface area contributed by atoms with E-state index in [0.29, 0.717) is 0 Å². The van der Waals surface area contributed by atoms with Crippen molar-refractivity contribution >= 4 is 41.4 Å². The SMILES string of the molecule is COC(=O)/C=C/SC(S/C=C/C(=O)OC)=C(C#N)C(N)=O. The summed E-state index contributed by atoms with van der Waals surface area (Å²) in [5.41, 5.74) is 4.80. The minimum absolute atomic E-state index is 0.213. The second-order valence-corrected chi connectivity index (χ2v) is 5.12. The molecule has 0 saturated carbocycles. The van der Waals surface area contributed by atoms with Crippen LogP contribution < -0.4 is 5.73 Å². The van der Waals surface area contributed by atoms with Crippen LogP contribution in [0, 0.1) is 11.3 Å². The summed E-state index contributed by atoms with van der Waals surface area (Å²) in [7, 11) is 2.43. The van der Waals surface area contributed by atoms with Gasteiger partial charge in [0.05, 0.1) is 18.5 Å². The molecule has 0 unspecified atom stereocenters. The Balaban J connectivity index is 5.13. The van der Waals surface area contributed by atoms with E-state index in [1.165, 1.54) is 25.0 Å². The van der Waals surface area contributed by atoms with Gasteiger partial charge in [-0.1, -0.05) is 23.5 Å². The molecule has 0 saturated heterocycles. The zero-order valence-corrected chi connectivity index (χ0v) is 12.8. The van der Waals surface area contributed by atoms with Crippen LogP contribution in [0.2, 0.25) is 0 Å². The number of hydrogen-bond acceptors (Lipinski definition) is 8. The zero-order valence-electron chi connectivity index (χ0n) is 11.2. The fraction of sp³-hybridized carbons (Fsp3) is 0.167. The number of ether oxygens (including phenoxy) is 2. The van der Waals surface area contributed by atoms with Crippen molar-refractivity contribution in [2.75, 3.05) is 14.2 Å². The molecule has 0 aliphatic carbocycles. The molecule has 0 rings (SSSR count). The maximum absolute atomic E-state index is 11.2. The first-order valence-electron chi connectivity index (χ1n) is 5.22. The highest BCUT2D eigenvalue weighted by molar-refractivity contribution is 8.24. The van der Waals surface area contributed by atoms with Crippen molar-refractivity contribution in [3.05, 3.63) is 32.8 Å². The van der Waals surface area contributed by atoms with Gasteiger partial charge in [0.25, 0.3) is 5.91 Å². The number of esters is 2. The molecule has 0 atom stereocenters. The Morgan fingerprint density at radius 2 is 1.48 bits per heavy atom. The van der Waals surface area contributed by atoms with E-state index in [1.54, 1.807) is 6.07 Å². The van der Waals surface area contributed by atoms with Crippen molar-refractivity contribution in [1.29, 1.82) is 5.26 Å². The van der Waals surface area contributed by atoms with Gasteiger partial charge in [-0.2, -0.15) is 5.26 Å². The summed E-state index contributed by atoms with van der Waals surface area (Å²) >= 11 is 1.84. The maximum atomic E-state index is 11.2. The fourth-order valence-corrected chi connectivity index (χ4v) is 2.48. The van der Waals surface area contributed by atoms with Crippen molar-refractivity contribution in [1.82, 2.24) is 0 Å². The largest absolute Gasteiger partial charge is 0.466 e. The minimum Gasteiger partial charge on any atom is -0.466 e. The average molecular weight is 328 g/mol. The summed E-state index contributed by atoms with van der Waals surface area (Å²) in [6.07, 6.45) is 2.23. The van der Waals surface area contributed by atoms with Crippen molar-refractivity contribution in [2.24, 2.45) is 5.73 Å². The second-order valence-electron chi connectivity index (χ2n) is 3.03. The monoisotopic (exact) mass is 328 g/mol. The van der Waals surface area contributed by atoms with Crippen LogP contribution >= 0.6 is 23.5 Å². The molecule has 0 radical (unpaired) electrons. The lowest BCUT2D eigenvalue weighted by atomic mass is 10.3. The van der Waals surface area contributed by atoms with E-state index in [9.17, 15) is 14.4 Å². The van der Waals surface area contributed by atoms with Crippen molar-refractivity contribution in [3.8, 4) is 6.07 Å². The number of hydrogen-bond donors (Lipinski definition) is 1. The smallest absolute Gasteiger partial charge is 0.330 e. The van der Waals surface area contributed by atoms with Gasteiger partial charge in [-0.15, -0.1) is 0 Å². The number of primary amides is 1. The van der Waals surface area contributed by atoms with E-state index in [4.69, 9.17) is 11.0 Å². The first-order chi connectivity index (χ1) is 9.96. The van der Waals surface area contributed by atoms with Crippen LogP contribution in [0.3, 0.4) is 0 Å². The third kappa shape index (κ3) is 7.86. The molecule has 9 heteroatoms. The quantitative estimate of drug-likeness (QED) is 0.418. The van der Waals surface area contributed by atoms with E-state index < -0.39 is 17.8 Å². The van der Waals surface area contributed by atoms with Crippen molar-refractivity contribution in [2.45, 2.75) is 0 Å². The average Bonchev–Trinajstić information content (AvgIpc) is 2.46. The van der Waals surface area contributed by atoms with Gasteiger partial charge >= 0.3 is 11.9 Å². The highest BCUT2D eigenvalue weighted by Gasteiger charge is 2.12. The molecule has 0 bridgehead atoms. The molecule has 0 aliphatic rings. The zero-order chi connectivity index (χ0) is 16.3. The Morgan fingerprint density at radius 3 is 1.76 bits per heavy atom. The lowest BCUT2D eigenvalue weighted by molar-refractivity contribution is -0.135. The van der Waals surface area contributed by atoms with Crippen LogP contribution in [0.25, 0.3) is 0 Å². The van der Waals surface area contributed by atoms with Crippen molar-refractivity contribution in [3.63, 3.8) is 0 Å². The Kier molecular flexibility index (Phi) is 9.49. The third-order valence-electron chi connectivity index (χ3n) is 1.72. The molecule has 0 aromatic heterocycles. The molecule has 0 fully saturated rings. The fourth-order valence-electron chi connectivity index (χ4n) is 0.786. The number of rotatable bonds is 7. The van der Waals surface area contributed by atoms with Crippen LogP contribution in [0.1, 0.15) is 0 Å². The highest BCUT2D eigenvalue weighted by Crippen LogP contribution is 2.33. The van der Waals surface area contributed by atoms with Gasteiger partial charge in [0, 0.05) is 12.2 Å². The summed E-state index contributed by atoms with van der Waals surface area (Å²) in [6.45, 7) is 0. The summed E-state index contributed by atoms with van der Waals surface area (Å²) in [5, 5.41) is 11.6. The van der Waals surface area contributed by atoms with Gasteiger partial charge in [-0.25, -0.2) is 9.59 Å². The molecule has 0 aromatic carbocycles. The van der Waals surface area contributed by atoms with E-state index in [0.717, 1.165) is 35.7 Å². The number of nitriles is 1. The Morgan fingerprint density at radius 1 is 1.05 bits per heavy atom. The number of nitrogens with zero attached hydrogens (tertiary/aromatic N) is 1. The maximum Gasteiger partial charge on any atom is 0.330 e. The first-order valence-corrected chi connectivity index (χ1v) is 6.98. The highest BCUT2D eigenvalue weighted by atomic mass is 32.2. The molecule has 0 spiro atoms. The van der Waals surface area contributed by atoms with Gasteiger partial charge in [0.1, 0.15) is 11.6 Å². The van der Waals surface area contributed by atoms with Gasteiger partial charge in [-0.05, 0) is 10.8 Å². The summed E-state index contributed by atoms with van der Waals surface area (Å²) in [5.74, 6) is -2.09. The van der Waals surface area contributed by atoms with E-state index in [-0.39, 0.29) is 9.81 Å². The molecule has 0 aromatic rings. The second kappa shape index (κ2) is 10.6. The Bertz CT molecular complexity index is 516. The summed E-state index contributed by atoms with van der Waals surface area (Å²) in [4.78, 5) is 33.0. The lowest BCUT2D eigenvalue weighted by Gasteiger charge is -2.02. The number of nitrogens with two attached hydrogens (primary N) is 1. The van der Waals surface area contributed by atoms with Gasteiger partial charge in [0.2, 0.25) is 0 Å². The predicted octanol–water partition coefficient (Wildman–Crippen LogP) is 1.05. The minimum atomic E-state index is -0.912. The van der Waals surface area contributed by atoms with E-state index in [2.05, 4.69) is 9.47 Å². The molecule has 0 aliphatic heterocycles. The number of carbonyl (C=O) groups is 3. The summed E-state index contributed by atoms with van der Waals surface area (Å²) in [6, 6.07) is 1.67. The van der Waals surface area contributed by atoms with Crippen LogP contribution in [0.4, 0.5) is 0 Å². The molecular formula is C12H12N2O5S2. The Labute approximate surface area is 129 Å². The van der Waals surface area contributed by atoms with Gasteiger partial charge in [-0.3, -0.25) is 4.79 Å². The predicted molar refractivity (Wildman–Crippen MR) is 79.3 cm³/mol. The molecule has 7 nitrogen and oxygen atoms in total. The number of carbonyl (C=O) groups excluding carboxylic acids is 3. The normalized spacial score (nSPS) is 10.1. The lowest BCUT2D eigenvalue weighted by Crippen LogP contribution is -2.13. The number of thioether (sulfide) groups is 2. The number of amides is 1. The molecule has 0 heterocycles. The third-order valence-corrected chi connectivity index (χ3v) is 3.68. The summed E-state index contributed by atoms with van der Waals surface area (Å²) < 4.78 is 9.01. The van der Waals surface area contributed by atoms with Crippen LogP contribution in [0.5, 0.6) is 0 Å². The van der Waals surface area contributed by atoms with Crippen LogP contribution in [0.15, 0.2) is 32.8 Å². The standard InChI is InChI=1S/C12H12N2O5S2/c1-18-9(15)3-5-20-12(8(7-13)11(14)17)21-6-4-10(16)19-2/h3-6H,1-2H3,(H2,14,17)/b5-3+,6-4+. The van der Waals surface area contributed by atoms with Crippen LogP contribution in [-0.4, -0.2) is 32.1 Å². The van der Waals surface area contributed by atoms with Crippen LogP contribution in [-0.2, 0) is 23.9 Å². The molecule has 21 heavy (non-hydrogen) atoms. The molecule has 112 valence electrons. The molecule has 2 N–H and O–H groups in total. The molecule has 1 amide bonds.